The van der Waals surface area contributed by atoms with E-state index in [1.807, 2.05) is 61.5 Å². The lowest BCUT2D eigenvalue weighted by atomic mass is 10.0. The van der Waals surface area contributed by atoms with Gasteiger partial charge in [0.05, 0.1) is 5.75 Å². The van der Waals surface area contributed by atoms with Gasteiger partial charge in [-0.25, -0.2) is 0 Å². The number of halogens is 2. The molecule has 0 unspecified atom stereocenters. The molecular formula is C30H34Cl2N2O2S. The molecule has 0 aliphatic rings. The molecular weight excluding hydrogens is 523 g/mol. The Labute approximate surface area is 234 Å². The number of thioether (sulfide) groups is 1. The van der Waals surface area contributed by atoms with Crippen LogP contribution in [0.4, 0.5) is 0 Å². The normalized spacial score (nSPS) is 11.8. The number of nitrogens with zero attached hydrogens (tertiary/aromatic N) is 1. The molecule has 0 saturated carbocycles. The van der Waals surface area contributed by atoms with Crippen molar-refractivity contribution in [3.05, 3.63) is 105 Å². The van der Waals surface area contributed by atoms with E-state index in [4.69, 9.17) is 23.2 Å². The number of nitrogens with one attached hydrogen (secondary N) is 1. The Balaban J connectivity index is 1.87. The predicted octanol–water partition coefficient (Wildman–Crippen LogP) is 6.95. The van der Waals surface area contributed by atoms with Crippen molar-refractivity contribution in [2.75, 3.05) is 12.3 Å². The zero-order valence-electron chi connectivity index (χ0n) is 21.5. The topological polar surface area (TPSA) is 49.4 Å². The smallest absolute Gasteiger partial charge is 0.243 e. The summed E-state index contributed by atoms with van der Waals surface area (Å²) in [5, 5.41) is 4.23. The minimum atomic E-state index is -0.641. The van der Waals surface area contributed by atoms with Gasteiger partial charge in [0.1, 0.15) is 6.04 Å². The lowest BCUT2D eigenvalue weighted by molar-refractivity contribution is -0.139. The second kappa shape index (κ2) is 14.5. The molecule has 3 aromatic carbocycles. The molecule has 37 heavy (non-hydrogen) atoms. The van der Waals surface area contributed by atoms with Crippen LogP contribution in [0.2, 0.25) is 10.0 Å². The highest BCUT2D eigenvalue weighted by molar-refractivity contribution is 7.99. The fourth-order valence-electron chi connectivity index (χ4n) is 3.94. The van der Waals surface area contributed by atoms with Crippen LogP contribution in [-0.2, 0) is 28.3 Å². The summed E-state index contributed by atoms with van der Waals surface area (Å²) < 4.78 is 0. The summed E-state index contributed by atoms with van der Waals surface area (Å²) in [4.78, 5) is 29.0. The molecule has 0 aliphatic carbocycles. The van der Waals surface area contributed by atoms with E-state index in [1.54, 1.807) is 23.1 Å². The third-order valence-corrected chi connectivity index (χ3v) is 7.74. The summed E-state index contributed by atoms with van der Waals surface area (Å²) in [6.45, 7) is 7.04. The van der Waals surface area contributed by atoms with E-state index in [0.29, 0.717) is 41.2 Å². The van der Waals surface area contributed by atoms with Crippen molar-refractivity contribution in [1.82, 2.24) is 10.2 Å². The molecule has 1 atom stereocenters. The Bertz CT molecular complexity index is 1170. The van der Waals surface area contributed by atoms with Crippen LogP contribution < -0.4 is 5.32 Å². The summed E-state index contributed by atoms with van der Waals surface area (Å²) in [6, 6.07) is 22.6. The molecule has 7 heteroatoms. The molecule has 3 rings (SSSR count). The van der Waals surface area contributed by atoms with Gasteiger partial charge in [-0.3, -0.25) is 9.59 Å². The average Bonchev–Trinajstić information content (AvgIpc) is 2.88. The SMILES string of the molecule is Cc1ccccc1CN(C(=O)CSCc1c(Cl)cccc1Cl)[C@@H](Cc1ccccc1)C(=O)NCC(C)C. The highest BCUT2D eigenvalue weighted by Crippen LogP contribution is 2.28. The Morgan fingerprint density at radius 2 is 1.57 bits per heavy atom. The van der Waals surface area contributed by atoms with Gasteiger partial charge in [0.25, 0.3) is 0 Å². The van der Waals surface area contributed by atoms with Crippen molar-refractivity contribution in [3.8, 4) is 0 Å². The first-order valence-electron chi connectivity index (χ1n) is 12.4. The molecule has 2 amide bonds. The van der Waals surface area contributed by atoms with Crippen LogP contribution >= 0.6 is 35.0 Å². The van der Waals surface area contributed by atoms with Gasteiger partial charge in [0, 0.05) is 35.3 Å². The van der Waals surface area contributed by atoms with E-state index in [1.165, 1.54) is 11.8 Å². The molecule has 0 aromatic heterocycles. The molecule has 1 N–H and O–H groups in total. The first kappa shape index (κ1) is 29.1. The van der Waals surface area contributed by atoms with Gasteiger partial charge in [-0.2, -0.15) is 0 Å². The van der Waals surface area contributed by atoms with E-state index >= 15 is 0 Å². The molecule has 3 aromatic rings. The molecule has 196 valence electrons. The maximum Gasteiger partial charge on any atom is 0.243 e. The maximum absolute atomic E-state index is 13.8. The lowest BCUT2D eigenvalue weighted by Gasteiger charge is -2.32. The van der Waals surface area contributed by atoms with Gasteiger partial charge in [0.15, 0.2) is 0 Å². The number of benzene rings is 3. The summed E-state index contributed by atoms with van der Waals surface area (Å²) in [6.07, 6.45) is 0.434. The van der Waals surface area contributed by atoms with Crippen LogP contribution in [0, 0.1) is 12.8 Å². The third kappa shape index (κ3) is 8.80. The van der Waals surface area contributed by atoms with E-state index in [-0.39, 0.29) is 17.6 Å². The first-order chi connectivity index (χ1) is 17.8. The quantitative estimate of drug-likeness (QED) is 0.262. The van der Waals surface area contributed by atoms with Crippen LogP contribution in [-0.4, -0.2) is 35.1 Å². The molecule has 0 aliphatic heterocycles. The molecule has 0 bridgehead atoms. The fourth-order valence-corrected chi connectivity index (χ4v) is 5.59. The highest BCUT2D eigenvalue weighted by Gasteiger charge is 2.30. The van der Waals surface area contributed by atoms with Crippen LogP contribution in [0.25, 0.3) is 0 Å². The van der Waals surface area contributed by atoms with Gasteiger partial charge >= 0.3 is 0 Å². The van der Waals surface area contributed by atoms with Gasteiger partial charge in [-0.15, -0.1) is 11.8 Å². The van der Waals surface area contributed by atoms with Crippen LogP contribution in [0.5, 0.6) is 0 Å². The number of hydrogen-bond acceptors (Lipinski definition) is 3. The minimum Gasteiger partial charge on any atom is -0.354 e. The highest BCUT2D eigenvalue weighted by atomic mass is 35.5. The summed E-state index contributed by atoms with van der Waals surface area (Å²) in [7, 11) is 0. The number of carbonyl (C=O) groups excluding carboxylic acids is 2. The largest absolute Gasteiger partial charge is 0.354 e. The number of hydrogen-bond donors (Lipinski definition) is 1. The zero-order valence-corrected chi connectivity index (χ0v) is 23.9. The Morgan fingerprint density at radius 1 is 0.919 bits per heavy atom. The van der Waals surface area contributed by atoms with Gasteiger partial charge in [0.2, 0.25) is 11.8 Å². The average molecular weight is 558 g/mol. The lowest BCUT2D eigenvalue weighted by Crippen LogP contribution is -2.51. The molecule has 0 heterocycles. The van der Waals surface area contributed by atoms with Crippen LogP contribution in [0.1, 0.15) is 36.1 Å². The third-order valence-electron chi connectivity index (χ3n) is 6.09. The van der Waals surface area contributed by atoms with Crippen molar-refractivity contribution in [2.45, 2.75) is 45.5 Å². The van der Waals surface area contributed by atoms with Crippen molar-refractivity contribution in [2.24, 2.45) is 5.92 Å². The van der Waals surface area contributed by atoms with Gasteiger partial charge < -0.3 is 10.2 Å². The second-order valence-corrected chi connectivity index (χ2v) is 11.3. The molecule has 0 radical (unpaired) electrons. The Kier molecular flexibility index (Phi) is 11.4. The minimum absolute atomic E-state index is 0.0999. The standard InChI is InChI=1S/C30H34Cl2N2O2S/c1-21(2)17-33-30(36)28(16-23-11-5-4-6-12-23)34(18-24-13-8-7-10-22(24)3)29(35)20-37-19-25-26(31)14-9-15-27(25)32/h4-15,21,28H,16-20H2,1-3H3,(H,33,36)/t28-/m0/s1. The molecule has 0 saturated heterocycles. The summed E-state index contributed by atoms with van der Waals surface area (Å²) in [5.74, 6) is 0.773. The van der Waals surface area contributed by atoms with E-state index < -0.39 is 6.04 Å². The van der Waals surface area contributed by atoms with Gasteiger partial charge in [-0.1, -0.05) is 97.7 Å². The van der Waals surface area contributed by atoms with Crippen molar-refractivity contribution in [3.63, 3.8) is 0 Å². The number of aryl methyl sites for hydroxylation is 1. The monoisotopic (exact) mass is 556 g/mol. The molecule has 0 fully saturated rings. The van der Waals surface area contributed by atoms with Crippen molar-refractivity contribution in [1.29, 1.82) is 0 Å². The number of rotatable bonds is 12. The number of amides is 2. The second-order valence-electron chi connectivity index (χ2n) is 9.49. The van der Waals surface area contributed by atoms with E-state index in [2.05, 4.69) is 19.2 Å². The maximum atomic E-state index is 13.8. The fraction of sp³-hybridized carbons (Fsp3) is 0.333. The van der Waals surface area contributed by atoms with Crippen molar-refractivity contribution >= 4 is 46.8 Å². The number of carbonyl (C=O) groups is 2. The molecule has 4 nitrogen and oxygen atoms in total. The Morgan fingerprint density at radius 3 is 2.22 bits per heavy atom. The Hall–Kier alpha value is -2.47. The summed E-state index contributed by atoms with van der Waals surface area (Å²) >= 11 is 14.1. The molecule has 0 spiro atoms. The van der Waals surface area contributed by atoms with Gasteiger partial charge in [-0.05, 0) is 47.2 Å². The van der Waals surface area contributed by atoms with E-state index in [0.717, 1.165) is 22.3 Å². The first-order valence-corrected chi connectivity index (χ1v) is 14.3. The van der Waals surface area contributed by atoms with Crippen LogP contribution in [0.15, 0.2) is 72.8 Å². The van der Waals surface area contributed by atoms with E-state index in [9.17, 15) is 9.59 Å². The summed E-state index contributed by atoms with van der Waals surface area (Å²) in [5.41, 5.74) is 3.91. The zero-order chi connectivity index (χ0) is 26.8. The predicted molar refractivity (Wildman–Crippen MR) is 156 cm³/mol. The van der Waals surface area contributed by atoms with Crippen LogP contribution in [0.3, 0.4) is 0 Å². The van der Waals surface area contributed by atoms with Crippen molar-refractivity contribution < 1.29 is 9.59 Å².